The molecule has 82 valence electrons. The fraction of sp³-hybridized carbons (Fsp3) is 0.364. The Bertz CT molecular complexity index is 341. The summed E-state index contributed by atoms with van der Waals surface area (Å²) >= 11 is 5.93. The van der Waals surface area contributed by atoms with Crippen LogP contribution in [0.25, 0.3) is 0 Å². The van der Waals surface area contributed by atoms with Crippen molar-refractivity contribution in [2.45, 2.75) is 13.3 Å². The molecule has 0 aliphatic carbocycles. The highest BCUT2D eigenvalue weighted by Gasteiger charge is 2.07. The predicted octanol–water partition coefficient (Wildman–Crippen LogP) is 2.86. The standard InChI is InChI=1S/C11H14ClNO2/c1-8(6-11(14)15)7-13-10-5-3-2-4-9(10)12/h2-5,8,13H,6-7H2,1H3,(H,14,15). The molecule has 0 spiro atoms. The maximum Gasteiger partial charge on any atom is 0.303 e. The number of carboxylic acids is 1. The van der Waals surface area contributed by atoms with E-state index in [1.54, 1.807) is 6.07 Å². The van der Waals surface area contributed by atoms with Gasteiger partial charge >= 0.3 is 5.97 Å². The van der Waals surface area contributed by atoms with Crippen molar-refractivity contribution in [3.05, 3.63) is 29.3 Å². The van der Waals surface area contributed by atoms with Crippen LogP contribution in [0.15, 0.2) is 24.3 Å². The van der Waals surface area contributed by atoms with Gasteiger partial charge in [-0.2, -0.15) is 0 Å². The number of nitrogens with one attached hydrogen (secondary N) is 1. The first-order valence-corrected chi connectivity index (χ1v) is 5.17. The lowest BCUT2D eigenvalue weighted by atomic mass is 10.1. The zero-order valence-electron chi connectivity index (χ0n) is 8.53. The summed E-state index contributed by atoms with van der Waals surface area (Å²) in [6.07, 6.45) is 0.164. The molecular weight excluding hydrogens is 214 g/mol. The Balaban J connectivity index is 2.43. The Morgan fingerprint density at radius 2 is 2.20 bits per heavy atom. The van der Waals surface area contributed by atoms with Gasteiger partial charge in [-0.1, -0.05) is 30.7 Å². The molecule has 2 N–H and O–H groups in total. The molecule has 1 atom stereocenters. The van der Waals surface area contributed by atoms with Crippen LogP contribution in [-0.2, 0) is 4.79 Å². The van der Waals surface area contributed by atoms with E-state index in [-0.39, 0.29) is 12.3 Å². The minimum absolute atomic E-state index is 0.0822. The summed E-state index contributed by atoms with van der Waals surface area (Å²) in [7, 11) is 0. The molecule has 0 radical (unpaired) electrons. The van der Waals surface area contributed by atoms with Gasteiger partial charge in [-0.05, 0) is 18.1 Å². The first-order valence-electron chi connectivity index (χ1n) is 4.80. The number of para-hydroxylation sites is 1. The molecule has 0 bridgehead atoms. The summed E-state index contributed by atoms with van der Waals surface area (Å²) in [6, 6.07) is 7.41. The summed E-state index contributed by atoms with van der Waals surface area (Å²) in [4.78, 5) is 10.4. The molecule has 0 aromatic heterocycles. The van der Waals surface area contributed by atoms with Gasteiger partial charge in [0.05, 0.1) is 10.7 Å². The van der Waals surface area contributed by atoms with Gasteiger partial charge in [-0.15, -0.1) is 0 Å². The Labute approximate surface area is 94.1 Å². The van der Waals surface area contributed by atoms with Crippen molar-refractivity contribution in [3.8, 4) is 0 Å². The summed E-state index contributed by atoms with van der Waals surface area (Å²) in [5.74, 6) is -0.692. The van der Waals surface area contributed by atoms with Gasteiger partial charge in [0, 0.05) is 13.0 Å². The van der Waals surface area contributed by atoms with Gasteiger partial charge in [0.1, 0.15) is 0 Å². The van der Waals surface area contributed by atoms with E-state index < -0.39 is 5.97 Å². The number of hydrogen-bond donors (Lipinski definition) is 2. The number of aliphatic carboxylic acids is 1. The highest BCUT2D eigenvalue weighted by atomic mass is 35.5. The molecule has 0 fully saturated rings. The molecule has 0 aliphatic rings. The molecule has 1 aromatic carbocycles. The van der Waals surface area contributed by atoms with Crippen LogP contribution in [0.3, 0.4) is 0 Å². The van der Waals surface area contributed by atoms with Crippen molar-refractivity contribution in [1.29, 1.82) is 0 Å². The minimum Gasteiger partial charge on any atom is -0.481 e. The summed E-state index contributed by atoms with van der Waals surface area (Å²) in [6.45, 7) is 2.49. The van der Waals surface area contributed by atoms with Crippen molar-refractivity contribution in [2.24, 2.45) is 5.92 Å². The Morgan fingerprint density at radius 3 is 2.80 bits per heavy atom. The topological polar surface area (TPSA) is 49.3 Å². The lowest BCUT2D eigenvalue weighted by molar-refractivity contribution is -0.137. The molecule has 0 heterocycles. The quantitative estimate of drug-likeness (QED) is 0.813. The molecule has 0 amide bonds. The fourth-order valence-electron chi connectivity index (χ4n) is 1.26. The van der Waals surface area contributed by atoms with Gasteiger partial charge in [0.2, 0.25) is 0 Å². The molecule has 1 rings (SSSR count). The Morgan fingerprint density at radius 1 is 1.53 bits per heavy atom. The monoisotopic (exact) mass is 227 g/mol. The summed E-state index contributed by atoms with van der Waals surface area (Å²) in [5, 5.41) is 12.4. The van der Waals surface area contributed by atoms with E-state index in [9.17, 15) is 4.79 Å². The van der Waals surface area contributed by atoms with E-state index in [2.05, 4.69) is 5.32 Å². The van der Waals surface area contributed by atoms with Crippen molar-refractivity contribution in [1.82, 2.24) is 0 Å². The van der Waals surface area contributed by atoms with Crippen LogP contribution in [0, 0.1) is 5.92 Å². The second-order valence-corrected chi connectivity index (χ2v) is 3.97. The van der Waals surface area contributed by atoms with E-state index in [1.807, 2.05) is 25.1 Å². The highest BCUT2D eigenvalue weighted by Crippen LogP contribution is 2.20. The third-order valence-electron chi connectivity index (χ3n) is 2.04. The molecule has 0 saturated heterocycles. The van der Waals surface area contributed by atoms with Gasteiger partial charge in [0.15, 0.2) is 0 Å². The average Bonchev–Trinajstić information content (AvgIpc) is 2.15. The van der Waals surface area contributed by atoms with E-state index >= 15 is 0 Å². The van der Waals surface area contributed by atoms with Crippen LogP contribution < -0.4 is 5.32 Å². The van der Waals surface area contributed by atoms with E-state index in [1.165, 1.54) is 0 Å². The second-order valence-electron chi connectivity index (χ2n) is 3.56. The SMILES string of the molecule is CC(CNc1ccccc1Cl)CC(=O)O. The van der Waals surface area contributed by atoms with Crippen LogP contribution >= 0.6 is 11.6 Å². The number of anilines is 1. The van der Waals surface area contributed by atoms with Crippen LogP contribution in [0.4, 0.5) is 5.69 Å². The second kappa shape index (κ2) is 5.61. The number of benzene rings is 1. The van der Waals surface area contributed by atoms with Gasteiger partial charge in [-0.3, -0.25) is 4.79 Å². The maximum atomic E-state index is 10.4. The summed E-state index contributed by atoms with van der Waals surface area (Å²) in [5.41, 5.74) is 0.844. The molecule has 4 heteroatoms. The number of rotatable bonds is 5. The highest BCUT2D eigenvalue weighted by molar-refractivity contribution is 6.33. The lowest BCUT2D eigenvalue weighted by Gasteiger charge is -2.12. The third kappa shape index (κ3) is 4.21. The molecule has 15 heavy (non-hydrogen) atoms. The van der Waals surface area contributed by atoms with Gasteiger partial charge < -0.3 is 10.4 Å². The van der Waals surface area contributed by atoms with Crippen molar-refractivity contribution in [2.75, 3.05) is 11.9 Å². The first-order chi connectivity index (χ1) is 7.09. The van der Waals surface area contributed by atoms with Gasteiger partial charge in [-0.25, -0.2) is 0 Å². The van der Waals surface area contributed by atoms with Crippen LogP contribution in [-0.4, -0.2) is 17.6 Å². The molecular formula is C11H14ClNO2. The average molecular weight is 228 g/mol. The van der Waals surface area contributed by atoms with E-state index in [0.29, 0.717) is 11.6 Å². The molecule has 1 unspecified atom stereocenters. The maximum absolute atomic E-state index is 10.4. The van der Waals surface area contributed by atoms with Crippen LogP contribution in [0.5, 0.6) is 0 Å². The third-order valence-corrected chi connectivity index (χ3v) is 2.37. The molecule has 3 nitrogen and oxygen atoms in total. The van der Waals surface area contributed by atoms with Crippen LogP contribution in [0.1, 0.15) is 13.3 Å². The van der Waals surface area contributed by atoms with E-state index in [4.69, 9.17) is 16.7 Å². The fourth-order valence-corrected chi connectivity index (χ4v) is 1.46. The zero-order chi connectivity index (χ0) is 11.3. The minimum atomic E-state index is -0.775. The number of carbonyl (C=O) groups is 1. The van der Waals surface area contributed by atoms with Gasteiger partial charge in [0.25, 0.3) is 0 Å². The first kappa shape index (κ1) is 11.9. The van der Waals surface area contributed by atoms with Crippen molar-refractivity contribution in [3.63, 3.8) is 0 Å². The normalized spacial score (nSPS) is 12.1. The zero-order valence-corrected chi connectivity index (χ0v) is 9.29. The lowest BCUT2D eigenvalue weighted by Crippen LogP contribution is -2.15. The van der Waals surface area contributed by atoms with E-state index in [0.717, 1.165) is 5.69 Å². The number of halogens is 1. The number of hydrogen-bond acceptors (Lipinski definition) is 2. The predicted molar refractivity (Wildman–Crippen MR) is 61.4 cm³/mol. The number of carboxylic acid groups (broad SMARTS) is 1. The summed E-state index contributed by atoms with van der Waals surface area (Å²) < 4.78 is 0. The molecule has 0 aliphatic heterocycles. The molecule has 1 aromatic rings. The Kier molecular flexibility index (Phi) is 4.43. The smallest absolute Gasteiger partial charge is 0.303 e. The van der Waals surface area contributed by atoms with Crippen LogP contribution in [0.2, 0.25) is 5.02 Å². The Hall–Kier alpha value is -1.22. The molecule has 0 saturated carbocycles. The largest absolute Gasteiger partial charge is 0.481 e. The van der Waals surface area contributed by atoms with Crippen molar-refractivity contribution < 1.29 is 9.90 Å². The van der Waals surface area contributed by atoms with Crippen molar-refractivity contribution >= 4 is 23.3 Å².